The van der Waals surface area contributed by atoms with Gasteiger partial charge in [-0.1, -0.05) is 23.8 Å². The first-order valence-corrected chi connectivity index (χ1v) is 12.4. The number of para-hydroxylation sites is 1. The quantitative estimate of drug-likeness (QED) is 0.342. The maximum atomic E-state index is 13.5. The Hall–Kier alpha value is -4.01. The summed E-state index contributed by atoms with van der Waals surface area (Å²) in [5.74, 6) is -5.26. The molecule has 0 radical (unpaired) electrons. The average molecular weight is 506 g/mol. The van der Waals surface area contributed by atoms with Crippen LogP contribution in [-0.2, 0) is 24.0 Å². The van der Waals surface area contributed by atoms with Crippen LogP contribution in [0.2, 0.25) is 0 Å². The molecule has 4 atom stereocenters. The molecule has 0 spiro atoms. The Morgan fingerprint density at radius 3 is 2.59 bits per heavy atom. The topological polar surface area (TPSA) is 138 Å². The van der Waals surface area contributed by atoms with Crippen LogP contribution in [0, 0.1) is 17.8 Å². The summed E-state index contributed by atoms with van der Waals surface area (Å²) in [6.07, 6.45) is 3.15. The average Bonchev–Trinajstić information content (AvgIpc) is 3.11. The second kappa shape index (κ2) is 9.14. The number of imide groups is 1. The van der Waals surface area contributed by atoms with Gasteiger partial charge in [-0.3, -0.25) is 28.9 Å². The minimum Gasteiger partial charge on any atom is -0.504 e. The Morgan fingerprint density at radius 1 is 1.14 bits per heavy atom. The molecule has 37 heavy (non-hydrogen) atoms. The van der Waals surface area contributed by atoms with Gasteiger partial charge in [-0.25, -0.2) is 0 Å². The number of phenols is 1. The lowest BCUT2D eigenvalue weighted by Crippen LogP contribution is -2.40. The van der Waals surface area contributed by atoms with Crippen molar-refractivity contribution in [1.29, 1.82) is 0 Å². The highest BCUT2D eigenvalue weighted by Gasteiger charge is 2.56. The highest BCUT2D eigenvalue weighted by Crippen LogP contribution is 2.56. The molecule has 1 heterocycles. The summed E-state index contributed by atoms with van der Waals surface area (Å²) >= 11 is 0. The zero-order valence-corrected chi connectivity index (χ0v) is 20.5. The number of carboxylic acids is 1. The Labute approximate surface area is 213 Å². The van der Waals surface area contributed by atoms with E-state index in [9.17, 15) is 29.1 Å². The van der Waals surface area contributed by atoms with Gasteiger partial charge in [-0.05, 0) is 44.7 Å². The highest BCUT2D eigenvalue weighted by molar-refractivity contribution is 6.24. The van der Waals surface area contributed by atoms with Crippen molar-refractivity contribution in [3.05, 3.63) is 58.2 Å². The molecule has 5 rings (SSSR count). The van der Waals surface area contributed by atoms with Crippen molar-refractivity contribution in [1.82, 2.24) is 4.90 Å². The monoisotopic (exact) mass is 505 g/mol. The summed E-state index contributed by atoms with van der Waals surface area (Å²) in [5.41, 5.74) is 1.97. The maximum Gasteiger partial charge on any atom is 0.305 e. The van der Waals surface area contributed by atoms with Crippen molar-refractivity contribution >= 4 is 29.4 Å². The maximum absolute atomic E-state index is 13.5. The number of aromatic hydroxyl groups is 1. The van der Waals surface area contributed by atoms with Crippen LogP contribution in [0.4, 0.5) is 0 Å². The molecule has 1 fully saturated rings. The van der Waals surface area contributed by atoms with Crippen LogP contribution in [0.1, 0.15) is 44.6 Å². The number of phenolic OH excluding ortho intramolecular Hbond substituents is 1. The molecular formula is C28H27NO8. The number of allylic oxidation sites excluding steroid dienone is 6. The molecule has 2 amide bonds. The smallest absolute Gasteiger partial charge is 0.305 e. The molecule has 0 bridgehead atoms. The lowest BCUT2D eigenvalue weighted by molar-refractivity contribution is -0.142. The van der Waals surface area contributed by atoms with Gasteiger partial charge in [0, 0.05) is 34.7 Å². The number of nitrogens with zero attached hydrogens (tertiary/aromatic N) is 1. The van der Waals surface area contributed by atoms with Crippen LogP contribution < -0.4 is 4.74 Å². The fourth-order valence-corrected chi connectivity index (χ4v) is 6.25. The number of Topliss-reactive ketones (excluding diaryl/α,β-unsaturated/α-hetero) is 1. The second-order valence-electron chi connectivity index (χ2n) is 9.83. The van der Waals surface area contributed by atoms with E-state index < -0.39 is 41.5 Å². The number of rotatable bonds is 6. The zero-order chi connectivity index (χ0) is 26.6. The number of aliphatic carboxylic acids is 1. The van der Waals surface area contributed by atoms with Gasteiger partial charge in [0.2, 0.25) is 11.8 Å². The minimum atomic E-state index is -1.11. The summed E-state index contributed by atoms with van der Waals surface area (Å²) in [5, 5.41) is 20.2. The number of benzene rings is 1. The van der Waals surface area contributed by atoms with Gasteiger partial charge >= 0.3 is 5.97 Å². The van der Waals surface area contributed by atoms with E-state index >= 15 is 0 Å². The Kier molecular flexibility index (Phi) is 6.09. The molecule has 3 aliphatic carbocycles. The summed E-state index contributed by atoms with van der Waals surface area (Å²) in [6, 6.07) is 4.99. The molecule has 1 aliphatic heterocycles. The van der Waals surface area contributed by atoms with E-state index in [1.807, 2.05) is 6.08 Å². The van der Waals surface area contributed by atoms with Crippen LogP contribution in [0.25, 0.3) is 0 Å². The first-order valence-electron chi connectivity index (χ1n) is 12.4. The van der Waals surface area contributed by atoms with Gasteiger partial charge in [-0.15, -0.1) is 0 Å². The number of ether oxygens (including phenoxy) is 1. The first kappa shape index (κ1) is 24.7. The second-order valence-corrected chi connectivity index (χ2v) is 9.83. The van der Waals surface area contributed by atoms with Gasteiger partial charge in [-0.2, -0.15) is 0 Å². The third-order valence-electron chi connectivity index (χ3n) is 7.85. The van der Waals surface area contributed by atoms with Gasteiger partial charge < -0.3 is 14.9 Å². The zero-order valence-electron chi connectivity index (χ0n) is 20.5. The normalized spacial score (nSPS) is 26.9. The van der Waals surface area contributed by atoms with Crippen LogP contribution in [0.3, 0.4) is 0 Å². The van der Waals surface area contributed by atoms with E-state index in [-0.39, 0.29) is 60.0 Å². The van der Waals surface area contributed by atoms with Crippen molar-refractivity contribution < 1.29 is 38.9 Å². The standard InChI is InChI=1S/C28H27NO8/c1-3-37-20-6-4-5-15(26(20)34)22-14-7-8-16-23(28(36)29(27(16)35)10-9-21(31)32)17(14)12-18-19(30)11-13(2)25(33)24(18)22/h4-7,11,16-17,22-23,34H,3,8-10,12H2,1-2H3,(H,31,32). The summed E-state index contributed by atoms with van der Waals surface area (Å²) in [7, 11) is 0. The van der Waals surface area contributed by atoms with E-state index in [0.717, 1.165) is 4.90 Å². The fraction of sp³-hybridized carbons (Fsp3) is 0.393. The van der Waals surface area contributed by atoms with Gasteiger partial charge in [0.15, 0.2) is 23.1 Å². The number of hydrogen-bond acceptors (Lipinski definition) is 7. The van der Waals surface area contributed by atoms with E-state index in [1.54, 1.807) is 32.0 Å². The number of carbonyl (C=O) groups excluding carboxylic acids is 4. The molecule has 2 N–H and O–H groups in total. The summed E-state index contributed by atoms with van der Waals surface area (Å²) < 4.78 is 5.57. The molecule has 0 aromatic heterocycles. The van der Waals surface area contributed by atoms with Crippen LogP contribution in [0.15, 0.2) is 52.6 Å². The van der Waals surface area contributed by atoms with Crippen LogP contribution in [0.5, 0.6) is 11.5 Å². The van der Waals surface area contributed by atoms with Crippen molar-refractivity contribution in [3.63, 3.8) is 0 Å². The molecule has 4 aliphatic rings. The van der Waals surface area contributed by atoms with Crippen LogP contribution >= 0.6 is 0 Å². The van der Waals surface area contributed by atoms with E-state index in [1.165, 1.54) is 6.08 Å². The van der Waals surface area contributed by atoms with Crippen LogP contribution in [-0.4, -0.2) is 57.6 Å². The van der Waals surface area contributed by atoms with Crippen molar-refractivity contribution in [3.8, 4) is 11.5 Å². The number of fused-ring (bicyclic) bond motifs is 3. The number of amides is 2. The number of ketones is 2. The predicted molar refractivity (Wildman–Crippen MR) is 130 cm³/mol. The Morgan fingerprint density at radius 2 is 1.89 bits per heavy atom. The van der Waals surface area contributed by atoms with Gasteiger partial charge in [0.25, 0.3) is 0 Å². The molecule has 0 saturated carbocycles. The number of likely N-dealkylation sites (tertiary alicyclic amines) is 1. The van der Waals surface area contributed by atoms with E-state index in [4.69, 9.17) is 9.84 Å². The number of hydrogen-bond donors (Lipinski definition) is 2. The molecule has 192 valence electrons. The van der Waals surface area contributed by atoms with E-state index in [2.05, 4.69) is 0 Å². The number of carbonyl (C=O) groups is 5. The minimum absolute atomic E-state index is 0.116. The van der Waals surface area contributed by atoms with Crippen molar-refractivity contribution in [2.75, 3.05) is 13.2 Å². The molecule has 1 aromatic rings. The largest absolute Gasteiger partial charge is 0.504 e. The first-order chi connectivity index (χ1) is 17.6. The van der Waals surface area contributed by atoms with Gasteiger partial charge in [0.1, 0.15) is 0 Å². The third kappa shape index (κ3) is 3.80. The third-order valence-corrected chi connectivity index (χ3v) is 7.85. The SMILES string of the molecule is CCOc1cccc(C2C3=CCC4C(=O)N(CCC(=O)O)C(=O)C4C3CC3=C2C(=O)C(C)=CC3=O)c1O. The number of carboxylic acid groups (broad SMARTS) is 1. The molecule has 1 aromatic carbocycles. The molecule has 9 nitrogen and oxygen atoms in total. The Balaban J connectivity index is 1.64. The lowest BCUT2D eigenvalue weighted by Gasteiger charge is -2.42. The van der Waals surface area contributed by atoms with E-state index in [0.29, 0.717) is 23.3 Å². The van der Waals surface area contributed by atoms with Crippen molar-refractivity contribution in [2.45, 2.75) is 39.0 Å². The predicted octanol–water partition coefficient (Wildman–Crippen LogP) is 2.70. The summed E-state index contributed by atoms with van der Waals surface area (Å²) in [4.78, 5) is 65.2. The Bertz CT molecular complexity index is 1350. The molecule has 9 heteroatoms. The molecule has 1 saturated heterocycles. The summed E-state index contributed by atoms with van der Waals surface area (Å²) in [6.45, 7) is 3.46. The molecule has 4 unspecified atom stereocenters. The highest BCUT2D eigenvalue weighted by atomic mass is 16.5. The van der Waals surface area contributed by atoms with Crippen molar-refractivity contribution in [2.24, 2.45) is 17.8 Å². The fourth-order valence-electron chi connectivity index (χ4n) is 6.25. The molecular weight excluding hydrogens is 478 g/mol. The lowest BCUT2D eigenvalue weighted by atomic mass is 9.59. The van der Waals surface area contributed by atoms with Gasteiger partial charge in [0.05, 0.1) is 24.9 Å².